The van der Waals surface area contributed by atoms with Gasteiger partial charge in [0.15, 0.2) is 11.5 Å². The summed E-state index contributed by atoms with van der Waals surface area (Å²) >= 11 is 0. The summed E-state index contributed by atoms with van der Waals surface area (Å²) in [4.78, 5) is 11.0. The molecule has 7 nitrogen and oxygen atoms in total. The molecule has 0 N–H and O–H groups in total. The van der Waals surface area contributed by atoms with Crippen LogP contribution in [0.2, 0.25) is 0 Å². The first kappa shape index (κ1) is 22.3. The van der Waals surface area contributed by atoms with Crippen LogP contribution in [0.1, 0.15) is 11.1 Å². The van der Waals surface area contributed by atoms with Gasteiger partial charge >= 0.3 is 0 Å². The van der Waals surface area contributed by atoms with Crippen LogP contribution in [0.4, 0.5) is 11.5 Å². The monoisotopic (exact) mass is 421 g/mol. The highest BCUT2D eigenvalue weighted by Gasteiger charge is 2.16. The van der Waals surface area contributed by atoms with Gasteiger partial charge in [-0.25, -0.2) is 9.97 Å². The summed E-state index contributed by atoms with van der Waals surface area (Å²) < 4.78 is 22.0. The summed E-state index contributed by atoms with van der Waals surface area (Å²) in [5, 5.41) is 0.834. The minimum absolute atomic E-state index is 0.394. The van der Waals surface area contributed by atoms with Crippen molar-refractivity contribution < 1.29 is 18.9 Å². The molecule has 0 saturated carbocycles. The van der Waals surface area contributed by atoms with Crippen molar-refractivity contribution in [2.75, 3.05) is 52.6 Å². The minimum Gasteiger partial charge on any atom is -0.487 e. The molecule has 0 aliphatic rings. The van der Waals surface area contributed by atoms with Gasteiger partial charge < -0.3 is 23.8 Å². The molecule has 0 saturated heterocycles. The Morgan fingerprint density at radius 3 is 2.23 bits per heavy atom. The SMILES string of the molecule is C#Cc1cc(C)cc(N(C)c2ncnc3cc(OCCOC)c(OCCOC)cc23)c1. The molecule has 2 aromatic carbocycles. The number of nitrogens with zero attached hydrogens (tertiary/aromatic N) is 3. The lowest BCUT2D eigenvalue weighted by atomic mass is 10.1. The lowest BCUT2D eigenvalue weighted by Gasteiger charge is -2.21. The largest absolute Gasteiger partial charge is 0.487 e. The average molecular weight is 421 g/mol. The Kier molecular flexibility index (Phi) is 7.65. The Balaban J connectivity index is 2.05. The number of aromatic nitrogens is 2. The van der Waals surface area contributed by atoms with Crippen LogP contribution in [-0.2, 0) is 9.47 Å². The van der Waals surface area contributed by atoms with Crippen LogP contribution in [0, 0.1) is 19.3 Å². The molecule has 0 fully saturated rings. The number of ether oxygens (including phenoxy) is 4. The van der Waals surface area contributed by atoms with Crippen molar-refractivity contribution >= 4 is 22.4 Å². The molecule has 162 valence electrons. The van der Waals surface area contributed by atoms with Crippen molar-refractivity contribution in [3.8, 4) is 23.8 Å². The fraction of sp³-hybridized carbons (Fsp3) is 0.333. The third-order valence-electron chi connectivity index (χ3n) is 4.70. The van der Waals surface area contributed by atoms with E-state index in [-0.39, 0.29) is 0 Å². The highest BCUT2D eigenvalue weighted by atomic mass is 16.5. The van der Waals surface area contributed by atoms with Gasteiger partial charge in [-0.3, -0.25) is 0 Å². The molecule has 0 aliphatic carbocycles. The standard InChI is InChI=1S/C24H27N3O4/c1-6-18-11-17(2)12-19(13-18)27(3)24-20-14-22(30-9-7-28-4)23(31-10-8-29-5)15-21(20)25-16-26-24/h1,11-16H,7-10H2,2-5H3. The van der Waals surface area contributed by atoms with E-state index in [2.05, 4.69) is 22.0 Å². The topological polar surface area (TPSA) is 65.9 Å². The van der Waals surface area contributed by atoms with Crippen molar-refractivity contribution in [2.24, 2.45) is 0 Å². The minimum atomic E-state index is 0.394. The van der Waals surface area contributed by atoms with Crippen molar-refractivity contribution in [3.05, 3.63) is 47.8 Å². The predicted octanol–water partition coefficient (Wildman–Crippen LogP) is 3.74. The number of fused-ring (bicyclic) bond motifs is 1. The van der Waals surface area contributed by atoms with E-state index in [0.29, 0.717) is 37.9 Å². The molecule has 0 bridgehead atoms. The second-order valence-corrected chi connectivity index (χ2v) is 6.96. The predicted molar refractivity (Wildman–Crippen MR) is 121 cm³/mol. The molecule has 0 radical (unpaired) electrons. The average Bonchev–Trinajstić information content (AvgIpc) is 2.78. The van der Waals surface area contributed by atoms with Gasteiger partial charge in [0.2, 0.25) is 0 Å². The van der Waals surface area contributed by atoms with Crippen LogP contribution in [0.15, 0.2) is 36.7 Å². The molecule has 3 aromatic rings. The maximum Gasteiger partial charge on any atom is 0.163 e. The van der Waals surface area contributed by atoms with Crippen LogP contribution in [-0.4, -0.2) is 57.7 Å². The second-order valence-electron chi connectivity index (χ2n) is 6.96. The van der Waals surface area contributed by atoms with E-state index in [1.54, 1.807) is 14.2 Å². The van der Waals surface area contributed by atoms with Crippen molar-refractivity contribution in [1.82, 2.24) is 9.97 Å². The molecule has 31 heavy (non-hydrogen) atoms. The van der Waals surface area contributed by atoms with E-state index in [4.69, 9.17) is 25.4 Å². The third-order valence-corrected chi connectivity index (χ3v) is 4.70. The van der Waals surface area contributed by atoms with E-state index < -0.39 is 0 Å². The van der Waals surface area contributed by atoms with Crippen LogP contribution in [0.5, 0.6) is 11.5 Å². The number of methoxy groups -OCH3 is 2. The Labute approximate surface area is 182 Å². The first-order valence-corrected chi connectivity index (χ1v) is 9.91. The number of aryl methyl sites for hydroxylation is 1. The number of hydrogen-bond acceptors (Lipinski definition) is 7. The van der Waals surface area contributed by atoms with Gasteiger partial charge in [-0.2, -0.15) is 0 Å². The molecular weight excluding hydrogens is 394 g/mol. The Morgan fingerprint density at radius 2 is 1.58 bits per heavy atom. The number of terminal acetylenes is 1. The lowest BCUT2D eigenvalue weighted by Crippen LogP contribution is -2.13. The van der Waals surface area contributed by atoms with Gasteiger partial charge in [-0.15, -0.1) is 6.42 Å². The number of rotatable bonds is 10. The number of hydrogen-bond donors (Lipinski definition) is 0. The van der Waals surface area contributed by atoms with Crippen molar-refractivity contribution in [1.29, 1.82) is 0 Å². The lowest BCUT2D eigenvalue weighted by molar-refractivity contribution is 0.132. The van der Waals surface area contributed by atoms with E-state index in [1.165, 1.54) is 6.33 Å². The fourth-order valence-corrected chi connectivity index (χ4v) is 3.18. The first-order chi connectivity index (χ1) is 15.1. The zero-order chi connectivity index (χ0) is 22.2. The van der Waals surface area contributed by atoms with Gasteiger partial charge in [0.1, 0.15) is 25.4 Å². The molecule has 7 heteroatoms. The van der Waals surface area contributed by atoms with Crippen LogP contribution in [0.25, 0.3) is 10.9 Å². The molecule has 1 heterocycles. The van der Waals surface area contributed by atoms with Gasteiger partial charge in [0.25, 0.3) is 0 Å². The summed E-state index contributed by atoms with van der Waals surface area (Å²) in [6.45, 7) is 3.75. The Morgan fingerprint density at radius 1 is 0.903 bits per heavy atom. The highest BCUT2D eigenvalue weighted by molar-refractivity contribution is 5.93. The normalized spacial score (nSPS) is 10.7. The number of anilines is 2. The van der Waals surface area contributed by atoms with Crippen molar-refractivity contribution in [2.45, 2.75) is 6.92 Å². The van der Waals surface area contributed by atoms with Crippen LogP contribution in [0.3, 0.4) is 0 Å². The molecular formula is C24H27N3O4. The maximum absolute atomic E-state index is 5.92. The van der Waals surface area contributed by atoms with Gasteiger partial charge in [0.05, 0.1) is 18.7 Å². The Bertz CT molecular complexity index is 1080. The second kappa shape index (κ2) is 10.6. The summed E-state index contributed by atoms with van der Waals surface area (Å²) in [6.07, 6.45) is 7.16. The molecule has 0 spiro atoms. The third kappa shape index (κ3) is 5.43. The molecule has 1 aromatic heterocycles. The highest BCUT2D eigenvalue weighted by Crippen LogP contribution is 2.37. The van der Waals surface area contributed by atoms with Gasteiger partial charge in [0, 0.05) is 44.0 Å². The number of benzene rings is 2. The van der Waals surface area contributed by atoms with E-state index in [9.17, 15) is 0 Å². The van der Waals surface area contributed by atoms with Crippen molar-refractivity contribution in [3.63, 3.8) is 0 Å². The first-order valence-electron chi connectivity index (χ1n) is 9.91. The summed E-state index contributed by atoms with van der Waals surface area (Å²) in [6, 6.07) is 9.75. The maximum atomic E-state index is 5.92. The zero-order valence-corrected chi connectivity index (χ0v) is 18.3. The fourth-order valence-electron chi connectivity index (χ4n) is 3.18. The summed E-state index contributed by atoms with van der Waals surface area (Å²) in [7, 11) is 5.21. The summed E-state index contributed by atoms with van der Waals surface area (Å²) in [5.74, 6) is 4.63. The molecule has 0 atom stereocenters. The van der Waals surface area contributed by atoms with Crippen LogP contribution >= 0.6 is 0 Å². The van der Waals surface area contributed by atoms with Gasteiger partial charge in [-0.1, -0.05) is 5.92 Å². The molecule has 0 unspecified atom stereocenters. The summed E-state index contributed by atoms with van der Waals surface area (Å²) in [5.41, 5.74) is 3.58. The zero-order valence-electron chi connectivity index (χ0n) is 18.3. The van der Waals surface area contributed by atoms with E-state index >= 15 is 0 Å². The molecule has 0 amide bonds. The smallest absolute Gasteiger partial charge is 0.163 e. The quantitative estimate of drug-likeness (QED) is 0.365. The van der Waals surface area contributed by atoms with Crippen LogP contribution < -0.4 is 14.4 Å². The molecule has 3 rings (SSSR count). The van der Waals surface area contributed by atoms with Gasteiger partial charge in [-0.05, 0) is 36.8 Å². The van der Waals surface area contributed by atoms with E-state index in [0.717, 1.165) is 33.5 Å². The molecule has 0 aliphatic heterocycles. The Hall–Kier alpha value is -3.34. The van der Waals surface area contributed by atoms with E-state index in [1.807, 2.05) is 43.1 Å².